The summed E-state index contributed by atoms with van der Waals surface area (Å²) in [4.78, 5) is 11.9. The number of unbranched alkanes of at least 4 members (excludes halogenated alkanes) is 3. The number of anilines is 1. The Balaban J connectivity index is 2.18. The molecule has 1 amide bonds. The molecule has 112 valence electrons. The molecular weight excluding hydrogens is 248 g/mol. The second kappa shape index (κ2) is 8.62. The molecule has 0 saturated heterocycles. The lowest BCUT2D eigenvalue weighted by molar-refractivity contribution is 0.0953. The van der Waals surface area contributed by atoms with Gasteiger partial charge in [0.15, 0.2) is 0 Å². The van der Waals surface area contributed by atoms with Crippen LogP contribution in [0, 0.1) is 12.8 Å². The highest BCUT2D eigenvalue weighted by Crippen LogP contribution is 2.13. The van der Waals surface area contributed by atoms with Crippen molar-refractivity contribution >= 4 is 11.6 Å². The minimum atomic E-state index is -0.0288. The number of benzene rings is 1. The largest absolute Gasteiger partial charge is 0.398 e. The smallest absolute Gasteiger partial charge is 0.251 e. The van der Waals surface area contributed by atoms with Crippen LogP contribution in [0.25, 0.3) is 0 Å². The van der Waals surface area contributed by atoms with Gasteiger partial charge in [0.1, 0.15) is 0 Å². The first kappa shape index (κ1) is 16.5. The summed E-state index contributed by atoms with van der Waals surface area (Å²) in [6.45, 7) is 7.20. The lowest BCUT2D eigenvalue weighted by Crippen LogP contribution is -2.24. The van der Waals surface area contributed by atoms with E-state index in [-0.39, 0.29) is 5.91 Å². The number of aryl methyl sites for hydroxylation is 1. The number of amides is 1. The number of nitrogens with two attached hydrogens (primary N) is 1. The molecule has 0 aliphatic carbocycles. The SMILES string of the molecule is Cc1ccc(C(=O)NCCCCCCC(C)C)cc1N. The van der Waals surface area contributed by atoms with Crippen LogP contribution in [0.4, 0.5) is 5.69 Å². The zero-order valence-corrected chi connectivity index (χ0v) is 13.0. The molecule has 0 bridgehead atoms. The van der Waals surface area contributed by atoms with E-state index in [0.29, 0.717) is 11.3 Å². The summed E-state index contributed by atoms with van der Waals surface area (Å²) in [6, 6.07) is 5.45. The van der Waals surface area contributed by atoms with Crippen LogP contribution in [0.15, 0.2) is 18.2 Å². The molecule has 0 aromatic heterocycles. The molecule has 3 N–H and O–H groups in total. The molecule has 1 rings (SSSR count). The van der Waals surface area contributed by atoms with Crippen LogP contribution < -0.4 is 11.1 Å². The molecule has 0 heterocycles. The Bertz CT molecular complexity index is 427. The van der Waals surface area contributed by atoms with E-state index in [2.05, 4.69) is 19.2 Å². The Morgan fingerprint density at radius 1 is 1.20 bits per heavy atom. The van der Waals surface area contributed by atoms with Crippen molar-refractivity contribution in [1.29, 1.82) is 0 Å². The minimum Gasteiger partial charge on any atom is -0.398 e. The monoisotopic (exact) mass is 276 g/mol. The molecule has 3 heteroatoms. The van der Waals surface area contributed by atoms with Gasteiger partial charge in [0.25, 0.3) is 5.91 Å². The van der Waals surface area contributed by atoms with Crippen molar-refractivity contribution in [2.45, 2.75) is 52.9 Å². The molecule has 1 aromatic carbocycles. The van der Waals surface area contributed by atoms with E-state index in [4.69, 9.17) is 5.73 Å². The van der Waals surface area contributed by atoms with Crippen LogP contribution >= 0.6 is 0 Å². The zero-order valence-electron chi connectivity index (χ0n) is 13.0. The third-order valence-electron chi connectivity index (χ3n) is 3.54. The second-order valence-corrected chi connectivity index (χ2v) is 5.92. The summed E-state index contributed by atoms with van der Waals surface area (Å²) in [5, 5.41) is 2.95. The van der Waals surface area contributed by atoms with Crippen LogP contribution in [0.1, 0.15) is 61.9 Å². The molecule has 0 spiro atoms. The maximum absolute atomic E-state index is 11.9. The van der Waals surface area contributed by atoms with Crippen molar-refractivity contribution in [1.82, 2.24) is 5.32 Å². The summed E-state index contributed by atoms with van der Waals surface area (Å²) in [5.41, 5.74) is 8.14. The van der Waals surface area contributed by atoms with Crippen molar-refractivity contribution < 1.29 is 4.79 Å². The minimum absolute atomic E-state index is 0.0288. The summed E-state index contributed by atoms with van der Waals surface area (Å²) in [6.07, 6.45) is 6.08. The Morgan fingerprint density at radius 3 is 2.55 bits per heavy atom. The Labute approximate surface area is 122 Å². The number of nitrogen functional groups attached to an aromatic ring is 1. The topological polar surface area (TPSA) is 55.1 Å². The fraction of sp³-hybridized carbons (Fsp3) is 0.588. The van der Waals surface area contributed by atoms with Gasteiger partial charge in [-0.15, -0.1) is 0 Å². The van der Waals surface area contributed by atoms with Crippen molar-refractivity contribution in [3.63, 3.8) is 0 Å². The van der Waals surface area contributed by atoms with Gasteiger partial charge in [-0.25, -0.2) is 0 Å². The van der Waals surface area contributed by atoms with Gasteiger partial charge in [-0.2, -0.15) is 0 Å². The van der Waals surface area contributed by atoms with Gasteiger partial charge in [0, 0.05) is 17.8 Å². The van der Waals surface area contributed by atoms with Crippen molar-refractivity contribution in [3.8, 4) is 0 Å². The van der Waals surface area contributed by atoms with Crippen LogP contribution in [0.2, 0.25) is 0 Å². The Kier molecular flexibility index (Phi) is 7.13. The van der Waals surface area contributed by atoms with Crippen LogP contribution in [0.5, 0.6) is 0 Å². The highest BCUT2D eigenvalue weighted by atomic mass is 16.1. The maximum atomic E-state index is 11.9. The van der Waals surface area contributed by atoms with Gasteiger partial charge in [0.2, 0.25) is 0 Å². The van der Waals surface area contributed by atoms with Crippen LogP contribution in [-0.2, 0) is 0 Å². The standard InChI is InChI=1S/C17H28N2O/c1-13(2)8-6-4-5-7-11-19-17(20)15-10-9-14(3)16(18)12-15/h9-10,12-13H,4-8,11,18H2,1-3H3,(H,19,20). The summed E-state index contributed by atoms with van der Waals surface area (Å²) in [7, 11) is 0. The number of hydrogen-bond donors (Lipinski definition) is 2. The predicted octanol–water partition coefficient (Wildman–Crippen LogP) is 3.91. The Hall–Kier alpha value is -1.51. The highest BCUT2D eigenvalue weighted by Gasteiger charge is 2.05. The van der Waals surface area contributed by atoms with Gasteiger partial charge in [-0.3, -0.25) is 4.79 Å². The van der Waals surface area contributed by atoms with E-state index < -0.39 is 0 Å². The molecule has 0 radical (unpaired) electrons. The fourth-order valence-corrected chi connectivity index (χ4v) is 2.12. The van der Waals surface area contributed by atoms with Gasteiger partial charge < -0.3 is 11.1 Å². The molecule has 0 unspecified atom stereocenters. The molecule has 1 aromatic rings. The molecule has 0 atom stereocenters. The van der Waals surface area contributed by atoms with E-state index in [1.165, 1.54) is 25.7 Å². The first-order chi connectivity index (χ1) is 9.50. The van der Waals surface area contributed by atoms with Gasteiger partial charge in [-0.1, -0.05) is 45.6 Å². The molecule has 20 heavy (non-hydrogen) atoms. The summed E-state index contributed by atoms with van der Waals surface area (Å²) in [5.74, 6) is 0.764. The lowest BCUT2D eigenvalue weighted by Gasteiger charge is -2.07. The molecule has 3 nitrogen and oxygen atoms in total. The normalized spacial score (nSPS) is 10.8. The van der Waals surface area contributed by atoms with Gasteiger partial charge in [0.05, 0.1) is 0 Å². The summed E-state index contributed by atoms with van der Waals surface area (Å²) >= 11 is 0. The first-order valence-corrected chi connectivity index (χ1v) is 7.65. The third-order valence-corrected chi connectivity index (χ3v) is 3.54. The number of hydrogen-bond acceptors (Lipinski definition) is 2. The van der Waals surface area contributed by atoms with E-state index in [1.54, 1.807) is 6.07 Å². The average molecular weight is 276 g/mol. The predicted molar refractivity (Wildman–Crippen MR) is 85.8 cm³/mol. The van der Waals surface area contributed by atoms with Gasteiger partial charge in [-0.05, 0) is 37.0 Å². The number of rotatable bonds is 8. The van der Waals surface area contributed by atoms with Crippen LogP contribution in [0.3, 0.4) is 0 Å². The quantitative estimate of drug-likeness (QED) is 0.558. The van der Waals surface area contributed by atoms with Crippen molar-refractivity contribution in [2.24, 2.45) is 5.92 Å². The Morgan fingerprint density at radius 2 is 1.90 bits per heavy atom. The lowest BCUT2D eigenvalue weighted by atomic mass is 10.0. The third kappa shape index (κ3) is 6.09. The van der Waals surface area contributed by atoms with Crippen molar-refractivity contribution in [3.05, 3.63) is 29.3 Å². The number of carbonyl (C=O) groups excluding carboxylic acids is 1. The first-order valence-electron chi connectivity index (χ1n) is 7.65. The zero-order chi connectivity index (χ0) is 15.0. The number of carbonyl (C=O) groups is 1. The van der Waals surface area contributed by atoms with Crippen LogP contribution in [-0.4, -0.2) is 12.5 Å². The van der Waals surface area contributed by atoms with E-state index >= 15 is 0 Å². The average Bonchev–Trinajstić information content (AvgIpc) is 2.40. The molecule has 0 fully saturated rings. The van der Waals surface area contributed by atoms with Crippen molar-refractivity contribution in [2.75, 3.05) is 12.3 Å². The van der Waals surface area contributed by atoms with E-state index in [0.717, 1.165) is 24.4 Å². The number of nitrogens with one attached hydrogen (secondary N) is 1. The summed E-state index contributed by atoms with van der Waals surface area (Å²) < 4.78 is 0. The maximum Gasteiger partial charge on any atom is 0.251 e. The highest BCUT2D eigenvalue weighted by molar-refractivity contribution is 5.95. The molecule has 0 aliphatic heterocycles. The molecule has 0 aliphatic rings. The fourth-order valence-electron chi connectivity index (χ4n) is 2.12. The second-order valence-electron chi connectivity index (χ2n) is 5.92. The molecular formula is C17H28N2O. The van der Waals surface area contributed by atoms with E-state index in [9.17, 15) is 4.79 Å². The molecule has 0 saturated carbocycles. The van der Waals surface area contributed by atoms with E-state index in [1.807, 2.05) is 19.1 Å². The van der Waals surface area contributed by atoms with Gasteiger partial charge >= 0.3 is 0 Å².